The van der Waals surface area contributed by atoms with Crippen LogP contribution >= 0.6 is 0 Å². The molecule has 0 aromatic heterocycles. The van der Waals surface area contributed by atoms with E-state index in [1.54, 1.807) is 20.8 Å². The largest absolute Gasteiger partial charge is 0.480 e. The number of carboxylic acid groups (broad SMARTS) is 1. The topological polar surface area (TPSA) is 131 Å². The minimum Gasteiger partial charge on any atom is -0.480 e. The maximum atomic E-state index is 12.4. The number of hydrogen-bond donors (Lipinski definition) is 4. The van der Waals surface area contributed by atoms with Gasteiger partial charge in [-0.2, -0.15) is 0 Å². The van der Waals surface area contributed by atoms with E-state index in [1.807, 2.05) is 6.92 Å². The van der Waals surface area contributed by atoms with Gasteiger partial charge in [0.15, 0.2) is 0 Å². The van der Waals surface area contributed by atoms with Crippen molar-refractivity contribution in [3.63, 3.8) is 0 Å². The van der Waals surface area contributed by atoms with Crippen LogP contribution in [0.25, 0.3) is 0 Å². The van der Waals surface area contributed by atoms with Crippen molar-refractivity contribution >= 4 is 18.0 Å². The molecule has 0 fully saturated rings. The minimum absolute atomic E-state index is 0.322. The lowest BCUT2D eigenvalue weighted by molar-refractivity contribution is -0.142. The van der Waals surface area contributed by atoms with E-state index in [4.69, 9.17) is 15.6 Å². The third-order valence-electron chi connectivity index (χ3n) is 3.15. The standard InChI is InChI=1S/C16H31N3O5/c1-5-8-12(14(21)22)18-13(20)11(9-6-7-10-17)19-15(23)24-16(2,3)4/h11-12H,5-10,17H2,1-4H3,(H,18,20)(H,19,23)(H,21,22)/t11-,12?/m0/s1. The number of nitrogens with two attached hydrogens (primary N) is 1. The highest BCUT2D eigenvalue weighted by Crippen LogP contribution is 2.09. The molecule has 2 atom stereocenters. The van der Waals surface area contributed by atoms with Gasteiger partial charge in [0, 0.05) is 0 Å². The van der Waals surface area contributed by atoms with Crippen molar-refractivity contribution in [1.29, 1.82) is 0 Å². The van der Waals surface area contributed by atoms with Gasteiger partial charge in [-0.3, -0.25) is 4.79 Å². The van der Waals surface area contributed by atoms with E-state index in [2.05, 4.69) is 10.6 Å². The summed E-state index contributed by atoms with van der Waals surface area (Å²) in [6.07, 6.45) is 1.93. The fourth-order valence-corrected chi connectivity index (χ4v) is 2.03. The summed E-state index contributed by atoms with van der Waals surface area (Å²) in [5.74, 6) is -1.62. The van der Waals surface area contributed by atoms with Crippen molar-refractivity contribution in [1.82, 2.24) is 10.6 Å². The van der Waals surface area contributed by atoms with Crippen molar-refractivity contribution in [3.8, 4) is 0 Å². The van der Waals surface area contributed by atoms with Crippen LogP contribution in [-0.4, -0.2) is 47.3 Å². The minimum atomic E-state index is -1.09. The molecule has 0 aliphatic rings. The molecule has 0 saturated heterocycles. The molecule has 2 amide bonds. The highest BCUT2D eigenvalue weighted by Gasteiger charge is 2.27. The Hall–Kier alpha value is -1.83. The zero-order valence-electron chi connectivity index (χ0n) is 15.1. The molecule has 0 heterocycles. The van der Waals surface area contributed by atoms with Crippen LogP contribution in [0, 0.1) is 0 Å². The summed E-state index contributed by atoms with van der Waals surface area (Å²) >= 11 is 0. The van der Waals surface area contributed by atoms with Gasteiger partial charge >= 0.3 is 12.1 Å². The first-order chi connectivity index (χ1) is 11.1. The van der Waals surface area contributed by atoms with Gasteiger partial charge in [0.25, 0.3) is 0 Å². The van der Waals surface area contributed by atoms with Crippen molar-refractivity contribution in [2.45, 2.75) is 77.5 Å². The van der Waals surface area contributed by atoms with Crippen molar-refractivity contribution in [3.05, 3.63) is 0 Å². The summed E-state index contributed by atoms with van der Waals surface area (Å²) in [7, 11) is 0. The van der Waals surface area contributed by atoms with Crippen LogP contribution in [0.2, 0.25) is 0 Å². The molecule has 0 spiro atoms. The van der Waals surface area contributed by atoms with E-state index in [1.165, 1.54) is 0 Å². The number of carbonyl (C=O) groups excluding carboxylic acids is 2. The van der Waals surface area contributed by atoms with E-state index < -0.39 is 35.7 Å². The van der Waals surface area contributed by atoms with Crippen molar-refractivity contribution in [2.75, 3.05) is 6.54 Å². The summed E-state index contributed by atoms with van der Waals surface area (Å²) < 4.78 is 5.15. The van der Waals surface area contributed by atoms with Crippen molar-refractivity contribution < 1.29 is 24.2 Å². The number of nitrogens with one attached hydrogen (secondary N) is 2. The third kappa shape index (κ3) is 10.0. The van der Waals surface area contributed by atoms with Crippen molar-refractivity contribution in [2.24, 2.45) is 5.73 Å². The maximum absolute atomic E-state index is 12.4. The molecule has 0 aliphatic carbocycles. The smallest absolute Gasteiger partial charge is 0.408 e. The number of alkyl carbamates (subject to hydrolysis) is 1. The molecule has 140 valence electrons. The zero-order valence-corrected chi connectivity index (χ0v) is 15.1. The van der Waals surface area contributed by atoms with E-state index in [0.29, 0.717) is 38.6 Å². The second kappa shape index (κ2) is 10.9. The van der Waals surface area contributed by atoms with Crippen LogP contribution in [0.3, 0.4) is 0 Å². The highest BCUT2D eigenvalue weighted by molar-refractivity contribution is 5.89. The van der Waals surface area contributed by atoms with E-state index >= 15 is 0 Å². The Labute approximate surface area is 143 Å². The number of rotatable bonds is 10. The van der Waals surface area contributed by atoms with Gasteiger partial charge < -0.3 is 26.2 Å². The lowest BCUT2D eigenvalue weighted by Crippen LogP contribution is -2.52. The molecule has 0 aromatic carbocycles. The second-order valence-corrected chi connectivity index (χ2v) is 6.67. The number of carboxylic acids is 1. The Morgan fingerprint density at radius 3 is 2.17 bits per heavy atom. The molecule has 0 bridgehead atoms. The number of aliphatic carboxylic acids is 1. The van der Waals surface area contributed by atoms with E-state index in [-0.39, 0.29) is 0 Å². The normalized spacial score (nSPS) is 13.7. The van der Waals surface area contributed by atoms with Gasteiger partial charge in [-0.15, -0.1) is 0 Å². The fourth-order valence-electron chi connectivity index (χ4n) is 2.03. The van der Waals surface area contributed by atoms with E-state index in [9.17, 15) is 14.4 Å². The summed E-state index contributed by atoms with van der Waals surface area (Å²) in [4.78, 5) is 35.4. The quantitative estimate of drug-likeness (QED) is 0.442. The molecule has 8 heteroatoms. The average molecular weight is 345 g/mol. The fraction of sp³-hybridized carbons (Fsp3) is 0.812. The van der Waals surface area contributed by atoms with Gasteiger partial charge in [-0.1, -0.05) is 13.3 Å². The van der Waals surface area contributed by atoms with Crippen LogP contribution in [-0.2, 0) is 14.3 Å². The monoisotopic (exact) mass is 345 g/mol. The number of unbranched alkanes of at least 4 members (excludes halogenated alkanes) is 1. The first-order valence-electron chi connectivity index (χ1n) is 8.33. The Balaban J connectivity index is 4.86. The zero-order chi connectivity index (χ0) is 18.8. The van der Waals surface area contributed by atoms with E-state index in [0.717, 1.165) is 0 Å². The van der Waals surface area contributed by atoms with Gasteiger partial charge in [0.1, 0.15) is 17.7 Å². The molecule has 0 rings (SSSR count). The van der Waals surface area contributed by atoms with Gasteiger partial charge in [-0.05, 0) is 53.0 Å². The number of ether oxygens (including phenoxy) is 1. The van der Waals surface area contributed by atoms with Crippen LogP contribution in [0.5, 0.6) is 0 Å². The van der Waals surface area contributed by atoms with Gasteiger partial charge in [0.2, 0.25) is 5.91 Å². The lowest BCUT2D eigenvalue weighted by Gasteiger charge is -2.24. The Morgan fingerprint density at radius 2 is 1.71 bits per heavy atom. The van der Waals surface area contributed by atoms with Gasteiger partial charge in [-0.25, -0.2) is 9.59 Å². The predicted octanol–water partition coefficient (Wildman–Crippen LogP) is 1.38. The summed E-state index contributed by atoms with van der Waals surface area (Å²) in [6.45, 7) is 7.47. The molecule has 0 aliphatic heterocycles. The lowest BCUT2D eigenvalue weighted by atomic mass is 10.1. The SMILES string of the molecule is CCCC(NC(=O)[C@H](CCCCN)NC(=O)OC(C)(C)C)C(=O)O. The predicted molar refractivity (Wildman–Crippen MR) is 90.5 cm³/mol. The summed E-state index contributed by atoms with van der Waals surface area (Å²) in [5, 5.41) is 14.1. The number of hydrogen-bond acceptors (Lipinski definition) is 5. The molecule has 8 nitrogen and oxygen atoms in total. The second-order valence-electron chi connectivity index (χ2n) is 6.67. The van der Waals surface area contributed by atoms with Crippen LogP contribution < -0.4 is 16.4 Å². The highest BCUT2D eigenvalue weighted by atomic mass is 16.6. The third-order valence-corrected chi connectivity index (χ3v) is 3.15. The van der Waals surface area contributed by atoms with Crippen LogP contribution in [0.4, 0.5) is 4.79 Å². The van der Waals surface area contributed by atoms with Gasteiger partial charge in [0.05, 0.1) is 0 Å². The van der Waals surface area contributed by atoms with Crippen LogP contribution in [0.15, 0.2) is 0 Å². The Bertz CT molecular complexity index is 420. The summed E-state index contributed by atoms with van der Waals surface area (Å²) in [6, 6.07) is -1.83. The first-order valence-corrected chi connectivity index (χ1v) is 8.33. The molecule has 0 radical (unpaired) electrons. The molecule has 5 N–H and O–H groups in total. The molecule has 1 unspecified atom stereocenters. The molecule has 0 saturated carbocycles. The average Bonchev–Trinajstić information content (AvgIpc) is 2.43. The first kappa shape index (κ1) is 22.2. The molecule has 24 heavy (non-hydrogen) atoms. The number of amides is 2. The maximum Gasteiger partial charge on any atom is 0.408 e. The molecular formula is C16H31N3O5. The molecular weight excluding hydrogens is 314 g/mol. The Kier molecular flexibility index (Phi) is 10.0. The summed E-state index contributed by atoms with van der Waals surface area (Å²) in [5.41, 5.74) is 4.76. The Morgan fingerprint density at radius 1 is 1.08 bits per heavy atom. The number of carbonyl (C=O) groups is 3. The van der Waals surface area contributed by atoms with Crippen LogP contribution in [0.1, 0.15) is 59.8 Å². The molecule has 0 aromatic rings.